The summed E-state index contributed by atoms with van der Waals surface area (Å²) in [7, 11) is 1.94. The standard InChI is InChI=1S/C16H19NO2/c1-3-12(16(18)19)11-17(2)15-9-8-13-6-4-5-7-14(13)10-15/h4-10,12H,3,11H2,1-2H3,(H,18,19). The number of benzene rings is 2. The van der Waals surface area contributed by atoms with E-state index in [9.17, 15) is 4.79 Å². The van der Waals surface area contributed by atoms with Crippen molar-refractivity contribution in [1.82, 2.24) is 0 Å². The van der Waals surface area contributed by atoms with Crippen molar-refractivity contribution in [3.05, 3.63) is 42.5 Å². The van der Waals surface area contributed by atoms with E-state index >= 15 is 0 Å². The highest BCUT2D eigenvalue weighted by molar-refractivity contribution is 5.85. The first-order chi connectivity index (χ1) is 9.11. The number of rotatable bonds is 5. The zero-order valence-corrected chi connectivity index (χ0v) is 11.3. The van der Waals surface area contributed by atoms with Gasteiger partial charge in [0.1, 0.15) is 0 Å². The van der Waals surface area contributed by atoms with E-state index in [1.165, 1.54) is 10.8 Å². The minimum Gasteiger partial charge on any atom is -0.481 e. The third kappa shape index (κ3) is 3.05. The molecule has 0 amide bonds. The lowest BCUT2D eigenvalue weighted by molar-refractivity contribution is -0.141. The minimum absolute atomic E-state index is 0.323. The maximum atomic E-state index is 11.1. The molecule has 0 heterocycles. The first-order valence-electron chi connectivity index (χ1n) is 6.54. The van der Waals surface area contributed by atoms with Gasteiger partial charge in [0.25, 0.3) is 0 Å². The lowest BCUT2D eigenvalue weighted by Gasteiger charge is -2.23. The number of hydrogen-bond acceptors (Lipinski definition) is 2. The monoisotopic (exact) mass is 257 g/mol. The Morgan fingerprint density at radius 2 is 1.89 bits per heavy atom. The van der Waals surface area contributed by atoms with Crippen molar-refractivity contribution in [2.24, 2.45) is 5.92 Å². The molecule has 0 spiro atoms. The Balaban J connectivity index is 2.21. The molecule has 0 fully saturated rings. The molecule has 1 atom stereocenters. The summed E-state index contributed by atoms with van der Waals surface area (Å²) < 4.78 is 0. The molecule has 1 unspecified atom stereocenters. The van der Waals surface area contributed by atoms with E-state index in [0.29, 0.717) is 13.0 Å². The van der Waals surface area contributed by atoms with Gasteiger partial charge in [-0.2, -0.15) is 0 Å². The Kier molecular flexibility index (Phi) is 4.05. The van der Waals surface area contributed by atoms with Gasteiger partial charge in [-0.05, 0) is 29.3 Å². The van der Waals surface area contributed by atoms with Crippen LogP contribution in [0.15, 0.2) is 42.5 Å². The molecule has 2 aromatic carbocycles. The maximum absolute atomic E-state index is 11.1. The lowest BCUT2D eigenvalue weighted by Crippen LogP contribution is -2.29. The fourth-order valence-electron chi connectivity index (χ4n) is 2.23. The molecule has 0 saturated carbocycles. The van der Waals surface area contributed by atoms with E-state index in [0.717, 1.165) is 5.69 Å². The van der Waals surface area contributed by atoms with Crippen molar-refractivity contribution in [2.45, 2.75) is 13.3 Å². The number of carboxylic acids is 1. The van der Waals surface area contributed by atoms with Crippen LogP contribution in [0.4, 0.5) is 5.69 Å². The van der Waals surface area contributed by atoms with Gasteiger partial charge in [-0.25, -0.2) is 0 Å². The van der Waals surface area contributed by atoms with Crippen molar-refractivity contribution >= 4 is 22.4 Å². The second-order valence-electron chi connectivity index (χ2n) is 4.86. The summed E-state index contributed by atoms with van der Waals surface area (Å²) in [6.07, 6.45) is 0.646. The number of nitrogens with zero attached hydrogens (tertiary/aromatic N) is 1. The molecule has 3 nitrogen and oxygen atoms in total. The summed E-state index contributed by atoms with van der Waals surface area (Å²) in [6.45, 7) is 2.44. The Bertz CT molecular complexity index is 580. The van der Waals surface area contributed by atoms with E-state index in [-0.39, 0.29) is 5.92 Å². The molecule has 2 aromatic rings. The van der Waals surface area contributed by atoms with E-state index in [1.807, 2.05) is 37.1 Å². The third-order valence-corrected chi connectivity index (χ3v) is 3.51. The number of carbonyl (C=O) groups is 1. The second kappa shape index (κ2) is 5.74. The smallest absolute Gasteiger partial charge is 0.308 e. The van der Waals surface area contributed by atoms with Gasteiger partial charge in [0, 0.05) is 19.3 Å². The minimum atomic E-state index is -0.727. The summed E-state index contributed by atoms with van der Waals surface area (Å²) in [5, 5.41) is 11.5. The number of aliphatic carboxylic acids is 1. The predicted octanol–water partition coefficient (Wildman–Crippen LogP) is 3.39. The molecule has 0 aliphatic heterocycles. The summed E-state index contributed by atoms with van der Waals surface area (Å²) in [5.74, 6) is -1.05. The van der Waals surface area contributed by atoms with Crippen molar-refractivity contribution in [3.8, 4) is 0 Å². The number of hydrogen-bond donors (Lipinski definition) is 1. The molecule has 2 rings (SSSR count). The predicted molar refractivity (Wildman–Crippen MR) is 78.6 cm³/mol. The molecule has 0 aromatic heterocycles. The molecule has 0 saturated heterocycles. The van der Waals surface area contributed by atoms with E-state index in [1.54, 1.807) is 0 Å². The zero-order valence-electron chi connectivity index (χ0n) is 11.3. The Hall–Kier alpha value is -2.03. The van der Waals surface area contributed by atoms with Gasteiger partial charge in [0.15, 0.2) is 0 Å². The van der Waals surface area contributed by atoms with Crippen LogP contribution in [0.3, 0.4) is 0 Å². The van der Waals surface area contributed by atoms with Gasteiger partial charge in [0.05, 0.1) is 5.92 Å². The molecule has 3 heteroatoms. The largest absolute Gasteiger partial charge is 0.481 e. The van der Waals surface area contributed by atoms with Crippen molar-refractivity contribution < 1.29 is 9.90 Å². The topological polar surface area (TPSA) is 40.5 Å². The van der Waals surface area contributed by atoms with Crippen molar-refractivity contribution in [2.75, 3.05) is 18.5 Å². The van der Waals surface area contributed by atoms with Crippen LogP contribution in [0.5, 0.6) is 0 Å². The van der Waals surface area contributed by atoms with Crippen molar-refractivity contribution in [3.63, 3.8) is 0 Å². The van der Waals surface area contributed by atoms with Gasteiger partial charge in [-0.15, -0.1) is 0 Å². The fraction of sp³-hybridized carbons (Fsp3) is 0.312. The van der Waals surface area contributed by atoms with E-state index < -0.39 is 5.97 Å². The van der Waals surface area contributed by atoms with Gasteiger partial charge in [-0.3, -0.25) is 4.79 Å². The van der Waals surface area contributed by atoms with Crippen LogP contribution in [0.2, 0.25) is 0 Å². The number of carboxylic acid groups (broad SMARTS) is 1. The second-order valence-corrected chi connectivity index (χ2v) is 4.86. The van der Waals surface area contributed by atoms with Gasteiger partial charge in [-0.1, -0.05) is 37.3 Å². The molecule has 19 heavy (non-hydrogen) atoms. The quantitative estimate of drug-likeness (QED) is 0.892. The van der Waals surface area contributed by atoms with Gasteiger partial charge < -0.3 is 10.0 Å². The highest BCUT2D eigenvalue weighted by Crippen LogP contribution is 2.22. The number of anilines is 1. The molecular formula is C16H19NO2. The van der Waals surface area contributed by atoms with Crippen LogP contribution in [0.1, 0.15) is 13.3 Å². The Morgan fingerprint density at radius 1 is 1.21 bits per heavy atom. The third-order valence-electron chi connectivity index (χ3n) is 3.51. The van der Waals surface area contributed by atoms with Gasteiger partial charge in [0.2, 0.25) is 0 Å². The average Bonchev–Trinajstić information content (AvgIpc) is 2.43. The average molecular weight is 257 g/mol. The molecule has 0 aliphatic rings. The normalized spacial score (nSPS) is 12.3. The highest BCUT2D eigenvalue weighted by Gasteiger charge is 2.17. The fourth-order valence-corrected chi connectivity index (χ4v) is 2.23. The number of fused-ring (bicyclic) bond motifs is 1. The molecule has 0 bridgehead atoms. The van der Waals surface area contributed by atoms with E-state index in [4.69, 9.17) is 5.11 Å². The van der Waals surface area contributed by atoms with Crippen LogP contribution in [-0.2, 0) is 4.79 Å². The molecular weight excluding hydrogens is 238 g/mol. The first kappa shape index (κ1) is 13.4. The Labute approximate surface area is 113 Å². The van der Waals surface area contributed by atoms with Crippen LogP contribution in [0.25, 0.3) is 10.8 Å². The zero-order chi connectivity index (χ0) is 13.8. The highest BCUT2D eigenvalue weighted by atomic mass is 16.4. The molecule has 0 aliphatic carbocycles. The van der Waals surface area contributed by atoms with E-state index in [2.05, 4.69) is 24.3 Å². The van der Waals surface area contributed by atoms with Gasteiger partial charge >= 0.3 is 5.97 Å². The van der Waals surface area contributed by atoms with Crippen LogP contribution in [0, 0.1) is 5.92 Å². The SMILES string of the molecule is CCC(CN(C)c1ccc2ccccc2c1)C(=O)O. The van der Waals surface area contributed by atoms with Crippen LogP contribution in [-0.4, -0.2) is 24.7 Å². The first-order valence-corrected chi connectivity index (χ1v) is 6.54. The molecule has 1 N–H and O–H groups in total. The van der Waals surface area contributed by atoms with Crippen molar-refractivity contribution in [1.29, 1.82) is 0 Å². The van der Waals surface area contributed by atoms with Crippen LogP contribution < -0.4 is 4.90 Å². The summed E-state index contributed by atoms with van der Waals surface area (Å²) >= 11 is 0. The maximum Gasteiger partial charge on any atom is 0.308 e. The summed E-state index contributed by atoms with van der Waals surface area (Å²) in [6, 6.07) is 14.4. The summed E-state index contributed by atoms with van der Waals surface area (Å²) in [4.78, 5) is 13.1. The molecule has 100 valence electrons. The molecule has 0 radical (unpaired) electrons. The summed E-state index contributed by atoms with van der Waals surface area (Å²) in [5.41, 5.74) is 1.05. The Morgan fingerprint density at radius 3 is 2.53 bits per heavy atom. The van der Waals surface area contributed by atoms with Crippen LogP contribution >= 0.6 is 0 Å². The lowest BCUT2D eigenvalue weighted by atomic mass is 10.1.